The molecule has 1 aliphatic rings. The maximum Gasteiger partial charge on any atom is 0.416 e. The summed E-state index contributed by atoms with van der Waals surface area (Å²) in [4.78, 5) is 0.923. The van der Waals surface area contributed by atoms with Gasteiger partial charge in [0.15, 0.2) is 6.30 Å². The molecule has 0 aliphatic carbocycles. The van der Waals surface area contributed by atoms with E-state index in [0.29, 0.717) is 5.12 Å². The molecule has 1 unspecified atom stereocenters. The largest absolute Gasteiger partial charge is 0.416 e. The van der Waals surface area contributed by atoms with Crippen molar-refractivity contribution in [2.24, 2.45) is 0 Å². The second kappa shape index (κ2) is 4.44. The van der Waals surface area contributed by atoms with Crippen molar-refractivity contribution in [3.05, 3.63) is 12.2 Å². The lowest BCUT2D eigenvalue weighted by Gasteiger charge is -2.33. The molecular formula is C8H11F5N2. The molecule has 0 amide bonds. The molecule has 0 saturated carbocycles. The number of nitrogens with zero attached hydrogens (tertiary/aromatic N) is 2. The first-order valence-electron chi connectivity index (χ1n) is 4.37. The minimum absolute atomic E-state index is 0.0766. The van der Waals surface area contributed by atoms with Crippen LogP contribution in [0.3, 0.4) is 0 Å². The fraction of sp³-hybridized carbons (Fsp3) is 0.750. The molecular weight excluding hydrogens is 219 g/mol. The molecule has 0 N–H and O–H groups in total. The highest BCUT2D eigenvalue weighted by molar-refractivity contribution is 5.08. The standard InChI is InChI=1S/C8H11F5N2/c1-6(8(10,11)12)7(9)14-2-4-15(13)5-3-14/h7H,1-5H2. The average Bonchev–Trinajstić information content (AvgIpc) is 2.15. The molecule has 1 rings (SSSR count). The van der Waals surface area contributed by atoms with Crippen LogP contribution < -0.4 is 0 Å². The van der Waals surface area contributed by atoms with Gasteiger partial charge in [-0.3, -0.25) is 4.90 Å². The zero-order valence-electron chi connectivity index (χ0n) is 7.90. The Labute approximate surface area is 83.9 Å². The summed E-state index contributed by atoms with van der Waals surface area (Å²) >= 11 is 0. The predicted molar refractivity (Wildman–Crippen MR) is 44.3 cm³/mol. The van der Waals surface area contributed by atoms with Crippen molar-refractivity contribution in [3.8, 4) is 0 Å². The van der Waals surface area contributed by atoms with E-state index in [1.807, 2.05) is 0 Å². The highest BCUT2D eigenvalue weighted by Crippen LogP contribution is 2.30. The van der Waals surface area contributed by atoms with Crippen LogP contribution in [-0.2, 0) is 0 Å². The van der Waals surface area contributed by atoms with Crippen LogP contribution >= 0.6 is 0 Å². The third-order valence-corrected chi connectivity index (χ3v) is 2.23. The van der Waals surface area contributed by atoms with E-state index >= 15 is 0 Å². The molecule has 2 nitrogen and oxygen atoms in total. The quantitative estimate of drug-likeness (QED) is 0.309. The normalized spacial score (nSPS) is 22.7. The van der Waals surface area contributed by atoms with Gasteiger partial charge in [-0.2, -0.15) is 13.2 Å². The third kappa shape index (κ3) is 3.13. The van der Waals surface area contributed by atoms with Gasteiger partial charge >= 0.3 is 6.18 Å². The lowest BCUT2D eigenvalue weighted by atomic mass is 10.2. The number of piperazine rings is 1. The summed E-state index contributed by atoms with van der Waals surface area (Å²) < 4.78 is 62.0. The van der Waals surface area contributed by atoms with Crippen molar-refractivity contribution < 1.29 is 22.0 Å². The van der Waals surface area contributed by atoms with Crippen LogP contribution in [0.25, 0.3) is 0 Å². The van der Waals surface area contributed by atoms with E-state index in [1.165, 1.54) is 0 Å². The Morgan fingerprint density at radius 2 is 1.60 bits per heavy atom. The van der Waals surface area contributed by atoms with E-state index in [-0.39, 0.29) is 26.2 Å². The first kappa shape index (κ1) is 12.4. The zero-order chi connectivity index (χ0) is 11.6. The Hall–Kier alpha value is -0.690. The minimum atomic E-state index is -4.74. The van der Waals surface area contributed by atoms with E-state index in [4.69, 9.17) is 0 Å². The fourth-order valence-corrected chi connectivity index (χ4v) is 1.28. The third-order valence-electron chi connectivity index (χ3n) is 2.23. The smallest absolute Gasteiger partial charge is 0.267 e. The first-order valence-corrected chi connectivity index (χ1v) is 4.37. The number of hydrogen-bond acceptors (Lipinski definition) is 2. The second-order valence-electron chi connectivity index (χ2n) is 3.30. The number of halogens is 5. The maximum absolute atomic E-state index is 13.3. The topological polar surface area (TPSA) is 6.48 Å². The molecule has 0 aromatic carbocycles. The summed E-state index contributed by atoms with van der Waals surface area (Å²) in [6, 6.07) is 0. The molecule has 0 bridgehead atoms. The van der Waals surface area contributed by atoms with Crippen molar-refractivity contribution in [1.82, 2.24) is 10.0 Å². The summed E-state index contributed by atoms with van der Waals surface area (Å²) in [5.74, 6) is 0. The summed E-state index contributed by atoms with van der Waals surface area (Å²) in [5.41, 5.74) is -1.44. The highest BCUT2D eigenvalue weighted by Gasteiger charge is 2.40. The van der Waals surface area contributed by atoms with Gasteiger partial charge in [-0.25, -0.2) is 4.39 Å². The maximum atomic E-state index is 13.3. The van der Waals surface area contributed by atoms with E-state index in [2.05, 4.69) is 6.58 Å². The van der Waals surface area contributed by atoms with Crippen LogP contribution in [0.15, 0.2) is 12.2 Å². The molecule has 1 atom stereocenters. The van der Waals surface area contributed by atoms with Crippen molar-refractivity contribution in [2.45, 2.75) is 12.5 Å². The van der Waals surface area contributed by atoms with Gasteiger partial charge in [-0.15, -0.1) is 9.60 Å². The van der Waals surface area contributed by atoms with Gasteiger partial charge in [-0.1, -0.05) is 6.58 Å². The second-order valence-corrected chi connectivity index (χ2v) is 3.30. The lowest BCUT2D eigenvalue weighted by Crippen LogP contribution is -2.48. The SMILES string of the molecule is C=C(C(F)N1CCN(F)CC1)C(F)(F)F. The number of alkyl halides is 4. The molecule has 0 aromatic heterocycles. The summed E-state index contributed by atoms with van der Waals surface area (Å²) in [6.45, 7) is 2.33. The van der Waals surface area contributed by atoms with Crippen molar-refractivity contribution in [1.29, 1.82) is 0 Å². The highest BCUT2D eigenvalue weighted by atomic mass is 19.4. The van der Waals surface area contributed by atoms with E-state index in [9.17, 15) is 22.0 Å². The van der Waals surface area contributed by atoms with Gasteiger partial charge in [0.25, 0.3) is 0 Å². The Kier molecular flexibility index (Phi) is 3.67. The van der Waals surface area contributed by atoms with Crippen LogP contribution in [-0.4, -0.2) is 48.7 Å². The van der Waals surface area contributed by atoms with Crippen molar-refractivity contribution >= 4 is 0 Å². The van der Waals surface area contributed by atoms with Crippen LogP contribution in [0.4, 0.5) is 22.0 Å². The fourth-order valence-electron chi connectivity index (χ4n) is 1.28. The van der Waals surface area contributed by atoms with Gasteiger partial charge in [0.2, 0.25) is 0 Å². The summed E-state index contributed by atoms with van der Waals surface area (Å²) in [5, 5.41) is 0.444. The van der Waals surface area contributed by atoms with Crippen LogP contribution in [0.5, 0.6) is 0 Å². The zero-order valence-corrected chi connectivity index (χ0v) is 7.90. The molecule has 88 valence electrons. The van der Waals surface area contributed by atoms with E-state index < -0.39 is 18.0 Å². The summed E-state index contributed by atoms with van der Waals surface area (Å²) in [7, 11) is 0. The molecule has 15 heavy (non-hydrogen) atoms. The first-order chi connectivity index (χ1) is 6.82. The van der Waals surface area contributed by atoms with Gasteiger partial charge in [0, 0.05) is 26.2 Å². The average molecular weight is 230 g/mol. The molecule has 0 spiro atoms. The van der Waals surface area contributed by atoms with Crippen LogP contribution in [0.1, 0.15) is 0 Å². The van der Waals surface area contributed by atoms with E-state index in [0.717, 1.165) is 4.90 Å². The minimum Gasteiger partial charge on any atom is -0.267 e. The van der Waals surface area contributed by atoms with Gasteiger partial charge in [0.1, 0.15) is 0 Å². The molecule has 1 fully saturated rings. The van der Waals surface area contributed by atoms with E-state index in [1.54, 1.807) is 0 Å². The Morgan fingerprint density at radius 3 is 2.00 bits per heavy atom. The molecule has 0 aromatic rings. The van der Waals surface area contributed by atoms with Crippen molar-refractivity contribution in [2.75, 3.05) is 26.2 Å². The van der Waals surface area contributed by atoms with Gasteiger partial charge < -0.3 is 0 Å². The molecule has 1 aliphatic heterocycles. The van der Waals surface area contributed by atoms with Crippen LogP contribution in [0.2, 0.25) is 0 Å². The lowest BCUT2D eigenvalue weighted by molar-refractivity contribution is -0.117. The Balaban J connectivity index is 2.54. The molecule has 0 radical (unpaired) electrons. The Morgan fingerprint density at radius 1 is 1.13 bits per heavy atom. The number of hydrogen-bond donors (Lipinski definition) is 0. The predicted octanol–water partition coefficient (Wildman–Crippen LogP) is 1.90. The Bertz CT molecular complexity index is 232. The van der Waals surface area contributed by atoms with Crippen molar-refractivity contribution in [3.63, 3.8) is 0 Å². The van der Waals surface area contributed by atoms with Gasteiger partial charge in [0.05, 0.1) is 5.57 Å². The number of rotatable bonds is 2. The monoisotopic (exact) mass is 230 g/mol. The van der Waals surface area contributed by atoms with Crippen LogP contribution in [0, 0.1) is 0 Å². The summed E-state index contributed by atoms with van der Waals surface area (Å²) in [6.07, 6.45) is -7.02. The molecule has 1 heterocycles. The molecule has 7 heteroatoms. The van der Waals surface area contributed by atoms with Gasteiger partial charge in [-0.05, 0) is 0 Å². The molecule has 1 saturated heterocycles.